The third-order valence-corrected chi connectivity index (χ3v) is 4.77. The predicted molar refractivity (Wildman–Crippen MR) is 119 cm³/mol. The first-order valence-corrected chi connectivity index (χ1v) is 11.0. The number of rotatable bonds is 11. The van der Waals surface area contributed by atoms with Crippen molar-refractivity contribution in [3.63, 3.8) is 0 Å². The summed E-state index contributed by atoms with van der Waals surface area (Å²) in [4.78, 5) is 0. The first kappa shape index (κ1) is 21.7. The van der Waals surface area contributed by atoms with Crippen LogP contribution in [0.2, 0.25) is 0 Å². The Balaban J connectivity index is 0.00000112. The van der Waals surface area contributed by atoms with Crippen LogP contribution in [0.1, 0.15) is 25.0 Å². The molecule has 3 aliphatic rings. The van der Waals surface area contributed by atoms with E-state index in [-0.39, 0.29) is 18.3 Å². The third-order valence-electron chi connectivity index (χ3n) is 4.77. The lowest BCUT2D eigenvalue weighted by molar-refractivity contribution is 0.252. The van der Waals surface area contributed by atoms with Crippen LogP contribution < -0.4 is 14.2 Å². The van der Waals surface area contributed by atoms with Gasteiger partial charge in [-0.2, -0.15) is 0 Å². The normalized spacial score (nSPS) is 23.0. The van der Waals surface area contributed by atoms with Crippen LogP contribution in [0.15, 0.2) is 42.5 Å². The van der Waals surface area contributed by atoms with Gasteiger partial charge in [0.1, 0.15) is 55.4 Å². The maximum Gasteiger partial charge on any atom is 0.123 e. The highest BCUT2D eigenvalue weighted by Gasteiger charge is 2.24. The van der Waals surface area contributed by atoms with Crippen LogP contribution in [0.25, 0.3) is 12.2 Å². The van der Waals surface area contributed by atoms with E-state index in [1.54, 1.807) is 0 Å². The van der Waals surface area contributed by atoms with Crippen molar-refractivity contribution >= 4 is 12.2 Å². The SMILES string of the molecule is C(=C\c1cc(OCC2CO2)cc(OCC2CO2)c1)/c1ccc(OCC2CO2)cc1.CC. The van der Waals surface area contributed by atoms with Crippen LogP contribution in [-0.2, 0) is 14.2 Å². The average molecular weight is 427 g/mol. The minimum absolute atomic E-state index is 0.214. The maximum absolute atomic E-state index is 5.86. The molecule has 3 saturated heterocycles. The molecule has 0 radical (unpaired) electrons. The summed E-state index contributed by atoms with van der Waals surface area (Å²) in [6, 6.07) is 13.9. The molecule has 31 heavy (non-hydrogen) atoms. The molecule has 2 aromatic rings. The Morgan fingerprint density at radius 1 is 0.645 bits per heavy atom. The summed E-state index contributed by atoms with van der Waals surface area (Å²) in [6.07, 6.45) is 4.80. The molecule has 0 aromatic heterocycles. The van der Waals surface area contributed by atoms with Crippen molar-refractivity contribution in [2.75, 3.05) is 39.6 Å². The fourth-order valence-corrected chi connectivity index (χ4v) is 2.78. The van der Waals surface area contributed by atoms with E-state index in [0.717, 1.165) is 48.2 Å². The molecule has 5 rings (SSSR count). The van der Waals surface area contributed by atoms with Crippen molar-refractivity contribution in [2.45, 2.75) is 32.2 Å². The Bertz CT molecular complexity index is 817. The fraction of sp³-hybridized carbons (Fsp3) is 0.440. The monoisotopic (exact) mass is 426 g/mol. The second kappa shape index (κ2) is 10.7. The molecule has 0 aliphatic carbocycles. The zero-order valence-corrected chi connectivity index (χ0v) is 18.1. The second-order valence-electron chi connectivity index (χ2n) is 7.44. The van der Waals surface area contributed by atoms with Crippen LogP contribution in [0.5, 0.6) is 17.2 Å². The number of hydrogen-bond donors (Lipinski definition) is 0. The van der Waals surface area contributed by atoms with Crippen molar-refractivity contribution in [3.05, 3.63) is 53.6 Å². The molecule has 6 heteroatoms. The minimum Gasteiger partial charge on any atom is -0.491 e. The molecule has 0 bridgehead atoms. The topological polar surface area (TPSA) is 65.3 Å². The predicted octanol–water partition coefficient (Wildman–Crippen LogP) is 4.22. The van der Waals surface area contributed by atoms with Crippen molar-refractivity contribution in [3.8, 4) is 17.2 Å². The fourth-order valence-electron chi connectivity index (χ4n) is 2.78. The van der Waals surface area contributed by atoms with Gasteiger partial charge in [0.05, 0.1) is 19.8 Å². The van der Waals surface area contributed by atoms with Gasteiger partial charge in [-0.25, -0.2) is 0 Å². The molecule has 0 saturated carbocycles. The first-order chi connectivity index (χ1) is 15.3. The Kier molecular flexibility index (Phi) is 7.46. The van der Waals surface area contributed by atoms with Crippen molar-refractivity contribution in [1.29, 1.82) is 0 Å². The third kappa shape index (κ3) is 7.58. The van der Waals surface area contributed by atoms with Crippen molar-refractivity contribution in [2.24, 2.45) is 0 Å². The zero-order chi connectivity index (χ0) is 21.5. The summed E-state index contributed by atoms with van der Waals surface area (Å²) in [7, 11) is 0. The smallest absolute Gasteiger partial charge is 0.123 e. The molecule has 3 fully saturated rings. The molecule has 2 aromatic carbocycles. The molecule has 3 heterocycles. The van der Waals surface area contributed by atoms with Gasteiger partial charge >= 0.3 is 0 Å². The molecule has 0 N–H and O–H groups in total. The number of benzene rings is 2. The van der Waals surface area contributed by atoms with Crippen LogP contribution in [0.4, 0.5) is 0 Å². The van der Waals surface area contributed by atoms with E-state index in [2.05, 4.69) is 12.2 Å². The average Bonchev–Trinajstić information content (AvgIpc) is 3.66. The van der Waals surface area contributed by atoms with Crippen molar-refractivity contribution in [1.82, 2.24) is 0 Å². The molecular weight excluding hydrogens is 396 g/mol. The van der Waals surface area contributed by atoms with Crippen LogP contribution in [0.3, 0.4) is 0 Å². The second-order valence-corrected chi connectivity index (χ2v) is 7.44. The maximum atomic E-state index is 5.86. The summed E-state index contributed by atoms with van der Waals surface area (Å²) in [5, 5.41) is 0. The van der Waals surface area contributed by atoms with E-state index in [9.17, 15) is 0 Å². The lowest BCUT2D eigenvalue weighted by Gasteiger charge is -2.10. The van der Waals surface area contributed by atoms with Gasteiger partial charge in [0.2, 0.25) is 0 Å². The van der Waals surface area contributed by atoms with Gasteiger partial charge in [0.15, 0.2) is 0 Å². The largest absolute Gasteiger partial charge is 0.491 e. The molecule has 0 spiro atoms. The number of epoxide rings is 3. The standard InChI is InChI=1S/C23H24O6.C2H6/c1(16-3-5-18(6-4-16)24-10-21-13-27-21)2-17-7-19(25-11-22-14-28-22)9-20(8-17)26-12-23-15-29-23;1-2/h1-9,21-23H,10-15H2;1-2H3/b2-1+;. The number of ether oxygens (including phenoxy) is 6. The van der Waals surface area contributed by atoms with Gasteiger partial charge in [-0.05, 0) is 35.4 Å². The van der Waals surface area contributed by atoms with Gasteiger partial charge in [0, 0.05) is 6.07 Å². The van der Waals surface area contributed by atoms with Gasteiger partial charge in [-0.1, -0.05) is 38.1 Å². The Morgan fingerprint density at radius 3 is 1.52 bits per heavy atom. The highest BCUT2D eigenvalue weighted by atomic mass is 16.6. The molecular formula is C25H30O6. The molecule has 3 aliphatic heterocycles. The van der Waals surface area contributed by atoms with E-state index in [4.69, 9.17) is 28.4 Å². The van der Waals surface area contributed by atoms with E-state index in [1.807, 2.05) is 56.3 Å². The minimum atomic E-state index is 0.214. The van der Waals surface area contributed by atoms with Crippen molar-refractivity contribution < 1.29 is 28.4 Å². The molecule has 0 amide bonds. The quantitative estimate of drug-likeness (QED) is 0.396. The van der Waals surface area contributed by atoms with Crippen LogP contribution in [-0.4, -0.2) is 58.0 Å². The molecule has 166 valence electrons. The highest BCUT2D eigenvalue weighted by Crippen LogP contribution is 2.27. The summed E-state index contributed by atoms with van der Waals surface area (Å²) in [6.45, 7) is 8.08. The zero-order valence-electron chi connectivity index (χ0n) is 18.1. The lowest BCUT2D eigenvalue weighted by Crippen LogP contribution is -2.06. The van der Waals surface area contributed by atoms with Gasteiger partial charge in [0.25, 0.3) is 0 Å². The highest BCUT2D eigenvalue weighted by molar-refractivity contribution is 5.71. The summed E-state index contributed by atoms with van der Waals surface area (Å²) >= 11 is 0. The summed E-state index contributed by atoms with van der Waals surface area (Å²) < 4.78 is 33.0. The van der Waals surface area contributed by atoms with E-state index < -0.39 is 0 Å². The summed E-state index contributed by atoms with van der Waals surface area (Å²) in [5.74, 6) is 2.41. The van der Waals surface area contributed by atoms with Gasteiger partial charge in [-0.15, -0.1) is 0 Å². The lowest BCUT2D eigenvalue weighted by atomic mass is 10.1. The molecule has 3 atom stereocenters. The van der Waals surface area contributed by atoms with Gasteiger partial charge < -0.3 is 28.4 Å². The Morgan fingerprint density at radius 2 is 1.06 bits per heavy atom. The first-order valence-electron chi connectivity index (χ1n) is 11.0. The van der Waals surface area contributed by atoms with E-state index in [1.165, 1.54) is 0 Å². The number of hydrogen-bond acceptors (Lipinski definition) is 6. The van der Waals surface area contributed by atoms with E-state index in [0.29, 0.717) is 19.8 Å². The molecule has 3 unspecified atom stereocenters. The molecule has 6 nitrogen and oxygen atoms in total. The Labute approximate surface area is 183 Å². The Hall–Kier alpha value is -2.54. The van der Waals surface area contributed by atoms with Crippen LogP contribution in [0, 0.1) is 0 Å². The van der Waals surface area contributed by atoms with Crippen LogP contribution >= 0.6 is 0 Å². The summed E-state index contributed by atoms with van der Waals surface area (Å²) in [5.41, 5.74) is 2.10. The van der Waals surface area contributed by atoms with E-state index >= 15 is 0 Å². The van der Waals surface area contributed by atoms with Gasteiger partial charge in [-0.3, -0.25) is 0 Å².